The van der Waals surface area contributed by atoms with Crippen LogP contribution in [-0.4, -0.2) is 23.9 Å². The summed E-state index contributed by atoms with van der Waals surface area (Å²) in [5, 5.41) is 3.01. The molecule has 0 saturated heterocycles. The number of hydrogen-bond acceptors (Lipinski definition) is 2. The molecule has 1 amide bonds. The van der Waals surface area contributed by atoms with Crippen LogP contribution >= 0.6 is 0 Å². The Labute approximate surface area is 156 Å². The SMILES string of the molecule is O=C1CCc2ccc(CCCCCN3CCc4ccccc4C3)cc2N1. The standard InChI is InChI=1S/C23H28N2O/c26-23-12-11-20-10-9-18(16-22(20)24-23)6-2-1-5-14-25-15-13-19-7-3-4-8-21(19)17-25/h3-4,7-10,16H,1-2,5-6,11-15,17H2,(H,24,26). The zero-order valence-electron chi connectivity index (χ0n) is 15.5. The minimum atomic E-state index is 0.151. The third-order valence-corrected chi connectivity index (χ3v) is 5.72. The quantitative estimate of drug-likeness (QED) is 0.788. The van der Waals surface area contributed by atoms with Crippen molar-refractivity contribution in [2.75, 3.05) is 18.4 Å². The first kappa shape index (κ1) is 17.3. The molecule has 0 unspecified atom stereocenters. The van der Waals surface area contributed by atoms with E-state index in [2.05, 4.69) is 52.7 Å². The number of fused-ring (bicyclic) bond motifs is 2. The van der Waals surface area contributed by atoms with Gasteiger partial charge in [0.25, 0.3) is 0 Å². The van der Waals surface area contributed by atoms with Gasteiger partial charge in [0.15, 0.2) is 0 Å². The van der Waals surface area contributed by atoms with Crippen molar-refractivity contribution >= 4 is 11.6 Å². The highest BCUT2D eigenvalue weighted by molar-refractivity contribution is 5.93. The first-order chi connectivity index (χ1) is 12.8. The second-order valence-corrected chi connectivity index (χ2v) is 7.65. The average Bonchev–Trinajstić information content (AvgIpc) is 2.67. The van der Waals surface area contributed by atoms with Gasteiger partial charge in [-0.15, -0.1) is 0 Å². The lowest BCUT2D eigenvalue weighted by molar-refractivity contribution is -0.116. The van der Waals surface area contributed by atoms with E-state index in [0.717, 1.165) is 25.1 Å². The lowest BCUT2D eigenvalue weighted by atomic mass is 9.98. The maximum absolute atomic E-state index is 11.5. The van der Waals surface area contributed by atoms with Crippen molar-refractivity contribution in [3.8, 4) is 0 Å². The zero-order valence-corrected chi connectivity index (χ0v) is 15.5. The van der Waals surface area contributed by atoms with Crippen LogP contribution in [0, 0.1) is 0 Å². The number of nitrogens with zero attached hydrogens (tertiary/aromatic N) is 1. The molecule has 26 heavy (non-hydrogen) atoms. The molecule has 2 heterocycles. The van der Waals surface area contributed by atoms with Crippen LogP contribution in [0.1, 0.15) is 47.9 Å². The molecule has 0 fully saturated rings. The van der Waals surface area contributed by atoms with E-state index in [9.17, 15) is 4.79 Å². The zero-order chi connectivity index (χ0) is 17.8. The summed E-state index contributed by atoms with van der Waals surface area (Å²) < 4.78 is 0. The van der Waals surface area contributed by atoms with Gasteiger partial charge in [-0.1, -0.05) is 42.8 Å². The molecule has 2 aliphatic heterocycles. The molecule has 2 aromatic rings. The number of unbranched alkanes of at least 4 members (excludes halogenated alkanes) is 2. The summed E-state index contributed by atoms with van der Waals surface area (Å²) in [5.74, 6) is 0.151. The molecule has 3 heteroatoms. The molecule has 4 rings (SSSR count). The Hall–Kier alpha value is -2.13. The summed E-state index contributed by atoms with van der Waals surface area (Å²) in [6.07, 6.45) is 7.54. The summed E-state index contributed by atoms with van der Waals surface area (Å²) >= 11 is 0. The molecule has 3 nitrogen and oxygen atoms in total. The third-order valence-electron chi connectivity index (χ3n) is 5.72. The number of nitrogens with one attached hydrogen (secondary N) is 1. The van der Waals surface area contributed by atoms with Gasteiger partial charge in [0.05, 0.1) is 0 Å². The van der Waals surface area contributed by atoms with Gasteiger partial charge in [-0.3, -0.25) is 9.69 Å². The molecule has 0 spiro atoms. The molecule has 0 saturated carbocycles. The van der Waals surface area contributed by atoms with Gasteiger partial charge in [-0.05, 0) is 67.0 Å². The molecule has 0 atom stereocenters. The van der Waals surface area contributed by atoms with Crippen molar-refractivity contribution in [2.24, 2.45) is 0 Å². The van der Waals surface area contributed by atoms with Gasteiger partial charge in [-0.25, -0.2) is 0 Å². The average molecular weight is 348 g/mol. The van der Waals surface area contributed by atoms with Gasteiger partial charge in [0, 0.05) is 25.2 Å². The Morgan fingerprint density at radius 3 is 2.69 bits per heavy atom. The first-order valence-corrected chi connectivity index (χ1v) is 9.99. The third kappa shape index (κ3) is 4.16. The summed E-state index contributed by atoms with van der Waals surface area (Å²) in [6.45, 7) is 3.51. The molecule has 136 valence electrons. The van der Waals surface area contributed by atoms with E-state index >= 15 is 0 Å². The van der Waals surface area contributed by atoms with Crippen LogP contribution in [-0.2, 0) is 30.6 Å². The molecule has 0 aliphatic carbocycles. The topological polar surface area (TPSA) is 32.3 Å². The lowest BCUT2D eigenvalue weighted by Gasteiger charge is -2.28. The van der Waals surface area contributed by atoms with E-state index < -0.39 is 0 Å². The Morgan fingerprint density at radius 1 is 0.885 bits per heavy atom. The number of carbonyl (C=O) groups is 1. The van der Waals surface area contributed by atoms with Crippen molar-refractivity contribution in [3.05, 3.63) is 64.7 Å². The van der Waals surface area contributed by atoms with E-state index in [4.69, 9.17) is 0 Å². The minimum absolute atomic E-state index is 0.151. The van der Waals surface area contributed by atoms with Crippen LogP contribution in [0.15, 0.2) is 42.5 Å². The molecule has 0 aromatic heterocycles. The van der Waals surface area contributed by atoms with Crippen LogP contribution in [0.25, 0.3) is 0 Å². The molecule has 2 aliphatic rings. The van der Waals surface area contributed by atoms with E-state index in [-0.39, 0.29) is 5.91 Å². The fourth-order valence-corrected chi connectivity index (χ4v) is 4.16. The van der Waals surface area contributed by atoms with Crippen LogP contribution < -0.4 is 5.32 Å². The number of hydrogen-bond donors (Lipinski definition) is 1. The van der Waals surface area contributed by atoms with E-state index in [1.807, 2.05) is 0 Å². The van der Waals surface area contributed by atoms with Crippen molar-refractivity contribution in [1.82, 2.24) is 4.90 Å². The predicted molar refractivity (Wildman–Crippen MR) is 106 cm³/mol. The van der Waals surface area contributed by atoms with Crippen LogP contribution in [0.2, 0.25) is 0 Å². The van der Waals surface area contributed by atoms with E-state index in [0.29, 0.717) is 6.42 Å². The molecule has 0 bridgehead atoms. The number of aryl methyl sites for hydroxylation is 2. The Bertz CT molecular complexity index is 784. The van der Waals surface area contributed by atoms with E-state index in [1.165, 1.54) is 61.0 Å². The van der Waals surface area contributed by atoms with Gasteiger partial charge in [0.2, 0.25) is 5.91 Å². The second kappa shape index (κ2) is 8.05. The molecular weight excluding hydrogens is 320 g/mol. The Kier molecular flexibility index (Phi) is 5.35. The van der Waals surface area contributed by atoms with Crippen molar-refractivity contribution in [2.45, 2.75) is 51.5 Å². The summed E-state index contributed by atoms with van der Waals surface area (Å²) in [5.41, 5.74) is 6.69. The number of benzene rings is 2. The molecular formula is C23H28N2O. The largest absolute Gasteiger partial charge is 0.326 e. The second-order valence-electron chi connectivity index (χ2n) is 7.65. The molecule has 2 aromatic carbocycles. The summed E-state index contributed by atoms with van der Waals surface area (Å²) in [7, 11) is 0. The van der Waals surface area contributed by atoms with Crippen LogP contribution in [0.5, 0.6) is 0 Å². The van der Waals surface area contributed by atoms with Gasteiger partial charge in [-0.2, -0.15) is 0 Å². The highest BCUT2D eigenvalue weighted by Gasteiger charge is 2.16. The van der Waals surface area contributed by atoms with E-state index in [1.54, 1.807) is 0 Å². The van der Waals surface area contributed by atoms with Gasteiger partial charge in [0.1, 0.15) is 0 Å². The maximum Gasteiger partial charge on any atom is 0.224 e. The number of amides is 1. The minimum Gasteiger partial charge on any atom is -0.326 e. The summed E-state index contributed by atoms with van der Waals surface area (Å²) in [4.78, 5) is 14.1. The van der Waals surface area contributed by atoms with Crippen LogP contribution in [0.4, 0.5) is 5.69 Å². The smallest absolute Gasteiger partial charge is 0.224 e. The summed E-state index contributed by atoms with van der Waals surface area (Å²) in [6, 6.07) is 15.5. The highest BCUT2D eigenvalue weighted by atomic mass is 16.1. The Balaban J connectivity index is 1.19. The monoisotopic (exact) mass is 348 g/mol. The maximum atomic E-state index is 11.5. The van der Waals surface area contributed by atoms with Gasteiger partial charge >= 0.3 is 0 Å². The number of carbonyl (C=O) groups excluding carboxylic acids is 1. The lowest BCUT2D eigenvalue weighted by Crippen LogP contribution is -2.31. The Morgan fingerprint density at radius 2 is 1.77 bits per heavy atom. The fourth-order valence-electron chi connectivity index (χ4n) is 4.16. The molecule has 1 N–H and O–H groups in total. The predicted octanol–water partition coefficient (Wildman–Crippen LogP) is 4.34. The van der Waals surface area contributed by atoms with Crippen molar-refractivity contribution < 1.29 is 4.79 Å². The van der Waals surface area contributed by atoms with Crippen LogP contribution in [0.3, 0.4) is 0 Å². The fraction of sp³-hybridized carbons (Fsp3) is 0.435. The molecule has 0 radical (unpaired) electrons. The highest BCUT2D eigenvalue weighted by Crippen LogP contribution is 2.24. The first-order valence-electron chi connectivity index (χ1n) is 9.99. The number of anilines is 1. The van der Waals surface area contributed by atoms with Gasteiger partial charge < -0.3 is 5.32 Å². The van der Waals surface area contributed by atoms with Crippen molar-refractivity contribution in [1.29, 1.82) is 0 Å². The van der Waals surface area contributed by atoms with Crippen molar-refractivity contribution in [3.63, 3.8) is 0 Å². The normalized spacial score (nSPS) is 16.7. The number of rotatable bonds is 6.